The molecule has 216 valence electrons. The Morgan fingerprint density at radius 3 is 2.79 bits per heavy atom. The number of pyridine rings is 2. The number of hydrogen-bond acceptors (Lipinski definition) is 7. The number of nitrogens with one attached hydrogen (secondary N) is 2. The lowest BCUT2D eigenvalue weighted by atomic mass is 9.82. The molecule has 1 saturated heterocycles. The Bertz CT molecular complexity index is 1850. The van der Waals surface area contributed by atoms with E-state index in [0.29, 0.717) is 41.6 Å². The Morgan fingerprint density at radius 2 is 2.02 bits per heavy atom. The minimum atomic E-state index is -2.68. The number of rotatable bonds is 5. The fourth-order valence-electron chi connectivity index (χ4n) is 5.95. The molecule has 1 fully saturated rings. The van der Waals surface area contributed by atoms with E-state index in [-0.39, 0.29) is 29.3 Å². The maximum Gasteiger partial charge on any atom is 0.261 e. The van der Waals surface area contributed by atoms with Gasteiger partial charge in [0.1, 0.15) is 11.5 Å². The molecule has 1 unspecified atom stereocenters. The van der Waals surface area contributed by atoms with Gasteiger partial charge in [-0.05, 0) is 50.2 Å². The van der Waals surface area contributed by atoms with Gasteiger partial charge in [0.15, 0.2) is 17.3 Å². The molecule has 2 N–H and O–H groups in total. The number of aryl methyl sites for hydroxylation is 2. The van der Waals surface area contributed by atoms with Gasteiger partial charge in [-0.3, -0.25) is 9.88 Å². The van der Waals surface area contributed by atoms with E-state index in [2.05, 4.69) is 57.4 Å². The van der Waals surface area contributed by atoms with Crippen molar-refractivity contribution in [2.24, 2.45) is 7.05 Å². The predicted octanol–water partition coefficient (Wildman–Crippen LogP) is 6.41. The number of aromatic amines is 1. The molecule has 1 atom stereocenters. The van der Waals surface area contributed by atoms with E-state index in [1.807, 2.05) is 6.20 Å². The lowest BCUT2D eigenvalue weighted by Gasteiger charge is -2.25. The minimum Gasteiger partial charge on any atom is -0.345 e. The molecule has 0 radical (unpaired) electrons. The second kappa shape index (κ2) is 9.77. The Labute approximate surface area is 244 Å². The lowest BCUT2D eigenvalue weighted by Crippen LogP contribution is -2.24. The van der Waals surface area contributed by atoms with Crippen LogP contribution in [-0.2, 0) is 19.0 Å². The zero-order valence-corrected chi connectivity index (χ0v) is 24.2. The van der Waals surface area contributed by atoms with Crippen molar-refractivity contribution in [1.82, 2.24) is 34.6 Å². The molecule has 0 amide bonds. The third-order valence-corrected chi connectivity index (χ3v) is 9.44. The van der Waals surface area contributed by atoms with E-state index in [1.165, 1.54) is 16.0 Å². The van der Waals surface area contributed by atoms with Crippen LogP contribution in [0.3, 0.4) is 0 Å². The quantitative estimate of drug-likeness (QED) is 0.246. The van der Waals surface area contributed by atoms with E-state index in [1.54, 1.807) is 46.4 Å². The van der Waals surface area contributed by atoms with Crippen LogP contribution in [0.5, 0.6) is 0 Å². The molecule has 2 aliphatic heterocycles. The molecule has 12 heteroatoms. The van der Waals surface area contributed by atoms with Crippen molar-refractivity contribution in [3.8, 4) is 22.6 Å². The number of H-pyrrole nitrogens is 1. The normalized spacial score (nSPS) is 20.1. The summed E-state index contributed by atoms with van der Waals surface area (Å²) in [7, 11) is 1.72. The molecule has 0 saturated carbocycles. The highest BCUT2D eigenvalue weighted by molar-refractivity contribution is 7.12. The topological polar surface area (TPSA) is 87.6 Å². The maximum atomic E-state index is 16.4. The van der Waals surface area contributed by atoms with Crippen LogP contribution in [-0.4, -0.2) is 53.6 Å². The average molecular weight is 591 g/mol. The Balaban J connectivity index is 1.30. The van der Waals surface area contributed by atoms with Gasteiger partial charge in [-0.25, -0.2) is 27.8 Å². The van der Waals surface area contributed by atoms with Gasteiger partial charge in [-0.1, -0.05) is 6.08 Å². The van der Waals surface area contributed by atoms with E-state index < -0.39 is 11.7 Å². The highest BCUT2D eigenvalue weighted by Gasteiger charge is 2.38. The first-order valence-corrected chi connectivity index (χ1v) is 14.6. The first-order valence-electron chi connectivity index (χ1n) is 13.8. The molecule has 8 nitrogen and oxygen atoms in total. The first kappa shape index (κ1) is 26.8. The summed E-state index contributed by atoms with van der Waals surface area (Å²) in [6, 6.07) is 6.04. The van der Waals surface area contributed by atoms with Gasteiger partial charge in [0.25, 0.3) is 5.92 Å². The molecule has 2 aliphatic rings. The molecule has 42 heavy (non-hydrogen) atoms. The number of imidazole rings is 1. The Kier molecular flexibility index (Phi) is 6.24. The monoisotopic (exact) mass is 590 g/mol. The summed E-state index contributed by atoms with van der Waals surface area (Å²) < 4.78 is 45.4. The van der Waals surface area contributed by atoms with Crippen LogP contribution in [0.2, 0.25) is 0 Å². The first-order chi connectivity index (χ1) is 20.1. The van der Waals surface area contributed by atoms with Crippen molar-refractivity contribution < 1.29 is 13.2 Å². The van der Waals surface area contributed by atoms with E-state index in [9.17, 15) is 8.78 Å². The van der Waals surface area contributed by atoms with Crippen molar-refractivity contribution in [3.63, 3.8) is 0 Å². The largest absolute Gasteiger partial charge is 0.345 e. The zero-order valence-electron chi connectivity index (χ0n) is 23.4. The highest BCUT2D eigenvalue weighted by atomic mass is 32.1. The number of anilines is 1. The van der Waals surface area contributed by atoms with Gasteiger partial charge < -0.3 is 10.3 Å². The predicted molar refractivity (Wildman–Crippen MR) is 157 cm³/mol. The number of alkyl halides is 2. The van der Waals surface area contributed by atoms with Gasteiger partial charge in [0.05, 0.1) is 17.6 Å². The fourth-order valence-corrected chi connectivity index (χ4v) is 6.98. The van der Waals surface area contributed by atoms with E-state index >= 15 is 4.39 Å². The molecule has 7 heterocycles. The molecule has 0 aromatic carbocycles. The summed E-state index contributed by atoms with van der Waals surface area (Å²) in [5.74, 6) is -2.07. The molecule has 5 aromatic rings. The molecule has 7 rings (SSSR count). The summed E-state index contributed by atoms with van der Waals surface area (Å²) in [6.45, 7) is 4.59. The van der Waals surface area contributed by atoms with Crippen LogP contribution in [0.1, 0.15) is 40.8 Å². The van der Waals surface area contributed by atoms with Gasteiger partial charge >= 0.3 is 0 Å². The molecule has 0 spiro atoms. The fraction of sp³-hybridized carbons (Fsp3) is 0.333. The average Bonchev–Trinajstić information content (AvgIpc) is 3.72. The molecule has 0 bridgehead atoms. The number of thiophene rings is 1. The van der Waals surface area contributed by atoms with Crippen molar-refractivity contribution in [2.45, 2.75) is 44.6 Å². The van der Waals surface area contributed by atoms with Gasteiger partial charge in [0.2, 0.25) is 0 Å². The third-order valence-electron chi connectivity index (χ3n) is 8.18. The Morgan fingerprint density at radius 1 is 1.17 bits per heavy atom. The summed E-state index contributed by atoms with van der Waals surface area (Å²) in [4.78, 5) is 21.3. The summed E-state index contributed by atoms with van der Waals surface area (Å²) in [6.07, 6.45) is 9.23. The second-order valence-electron chi connectivity index (χ2n) is 11.4. The highest BCUT2D eigenvalue weighted by Crippen LogP contribution is 2.44. The van der Waals surface area contributed by atoms with Crippen LogP contribution in [0.25, 0.3) is 33.7 Å². The standard InChI is InChI=1S/C30H29F3N8S/c1-17-5-6-21(42-17)29(2)7-4-9-35-27-25(29)37-26(38-27)24-22-23(31)20(14-36-28(22)40(3)39-24)19-11-18(12-34-13-19)15-41-10-8-30(32,33)16-41/h4-6,9,11-14,35H,7-8,10,15-16H2,1-3H3,(H,37,38). The van der Waals surface area contributed by atoms with Crippen LogP contribution >= 0.6 is 11.3 Å². The maximum absolute atomic E-state index is 16.4. The number of likely N-dealkylation sites (tertiary alicyclic amines) is 1. The van der Waals surface area contributed by atoms with Gasteiger partial charge in [-0.2, -0.15) is 5.10 Å². The zero-order chi connectivity index (χ0) is 29.2. The molecule has 0 aliphatic carbocycles. The summed E-state index contributed by atoms with van der Waals surface area (Å²) in [5, 5.41) is 8.15. The van der Waals surface area contributed by atoms with E-state index in [0.717, 1.165) is 17.7 Å². The molecular formula is C30H29F3N8S. The minimum absolute atomic E-state index is 0.159. The number of hydrogen-bond donors (Lipinski definition) is 2. The smallest absolute Gasteiger partial charge is 0.261 e. The third kappa shape index (κ3) is 4.49. The number of aromatic nitrogens is 6. The van der Waals surface area contributed by atoms with Gasteiger partial charge in [-0.15, -0.1) is 11.3 Å². The molecule has 5 aromatic heterocycles. The molecular weight excluding hydrogens is 561 g/mol. The Hall–Kier alpha value is -4.03. The second-order valence-corrected chi connectivity index (χ2v) is 12.6. The number of allylic oxidation sites excluding steroid dienone is 1. The van der Waals surface area contributed by atoms with Crippen LogP contribution < -0.4 is 5.32 Å². The van der Waals surface area contributed by atoms with Crippen molar-refractivity contribution in [3.05, 3.63) is 75.9 Å². The van der Waals surface area contributed by atoms with E-state index in [4.69, 9.17) is 4.98 Å². The number of fused-ring (bicyclic) bond motifs is 2. The van der Waals surface area contributed by atoms with Crippen molar-refractivity contribution >= 4 is 28.2 Å². The SMILES string of the molecule is Cc1ccc(C2(C)CC=CNc3nc(-c4nn(C)c5ncc(-c6cncc(CN7CCC(F)(F)C7)c6)c(F)c45)[nH]c32)s1. The van der Waals surface area contributed by atoms with Crippen molar-refractivity contribution in [1.29, 1.82) is 0 Å². The summed E-state index contributed by atoms with van der Waals surface area (Å²) >= 11 is 1.75. The van der Waals surface area contributed by atoms with Crippen LogP contribution in [0, 0.1) is 12.7 Å². The summed E-state index contributed by atoms with van der Waals surface area (Å²) in [5.41, 5.74) is 2.77. The van der Waals surface area contributed by atoms with Gasteiger partial charge in [0, 0.05) is 71.4 Å². The number of nitrogens with zero attached hydrogens (tertiary/aromatic N) is 6. The van der Waals surface area contributed by atoms with Crippen LogP contribution in [0.15, 0.2) is 49.1 Å². The van der Waals surface area contributed by atoms with Crippen LogP contribution in [0.4, 0.5) is 19.0 Å². The lowest BCUT2D eigenvalue weighted by molar-refractivity contribution is 0.0115. The number of halogens is 3. The van der Waals surface area contributed by atoms with Crippen molar-refractivity contribution in [2.75, 3.05) is 18.4 Å².